The van der Waals surface area contributed by atoms with E-state index in [2.05, 4.69) is 100 Å². The Labute approximate surface area is 210 Å². The molecule has 7 nitrogen and oxygen atoms in total. The topological polar surface area (TPSA) is 72.5 Å². The summed E-state index contributed by atoms with van der Waals surface area (Å²) in [6, 6.07) is 22.2. The molecule has 3 aromatic rings. The standard InChI is InChI=1S/C27H31N7S/c1-32(2)22-13-16-33(18-22)21-10-8-20(9-11-21)27(25-23(14-17-35-25)30-26(28)31-27)34-24(12-15-29-34)19-6-4-3-5-7-19/h3-11,14-15,17,22,24H,12-13,16,18H2,1-2H3,(H3,28,30,31)/t22-,24?,27?/m0/s1. The number of thiophene rings is 1. The highest BCUT2D eigenvalue weighted by Crippen LogP contribution is 2.51. The number of hydrazone groups is 1. The minimum atomic E-state index is -0.831. The number of hydrogen-bond acceptors (Lipinski definition) is 8. The minimum Gasteiger partial charge on any atom is -0.370 e. The third-order valence-corrected chi connectivity index (χ3v) is 8.41. The number of likely N-dealkylation sites (N-methyl/N-ethyl adjacent to an activating group) is 1. The van der Waals surface area contributed by atoms with Gasteiger partial charge in [-0.2, -0.15) is 5.10 Å². The highest BCUT2D eigenvalue weighted by Gasteiger charge is 2.49. The van der Waals surface area contributed by atoms with Crippen LogP contribution in [0.25, 0.3) is 0 Å². The molecule has 2 aromatic carbocycles. The van der Waals surface area contributed by atoms with Crippen LogP contribution in [0.4, 0.5) is 11.4 Å². The molecule has 3 aliphatic heterocycles. The van der Waals surface area contributed by atoms with Crippen molar-refractivity contribution in [3.05, 3.63) is 82.0 Å². The predicted molar refractivity (Wildman–Crippen MR) is 145 cm³/mol. The quantitative estimate of drug-likeness (QED) is 0.565. The molecule has 4 heterocycles. The highest BCUT2D eigenvalue weighted by atomic mass is 32.1. The molecule has 0 aliphatic carbocycles. The SMILES string of the molecule is CN(C)[C@H]1CCN(c2ccc(C3(N4N=CCC4c4ccccc4)N=C(N)Nc4ccsc43)cc2)C1. The number of fused-ring (bicyclic) bond motifs is 1. The summed E-state index contributed by atoms with van der Waals surface area (Å²) in [6.07, 6.45) is 4.01. The van der Waals surface area contributed by atoms with Crippen LogP contribution >= 0.6 is 11.3 Å². The van der Waals surface area contributed by atoms with Crippen molar-refractivity contribution < 1.29 is 0 Å². The van der Waals surface area contributed by atoms with Crippen molar-refractivity contribution in [1.29, 1.82) is 0 Å². The number of anilines is 2. The van der Waals surface area contributed by atoms with Gasteiger partial charge < -0.3 is 20.9 Å². The Kier molecular flexibility index (Phi) is 5.50. The second kappa shape index (κ2) is 8.70. The lowest BCUT2D eigenvalue weighted by molar-refractivity contribution is 0.0990. The molecule has 180 valence electrons. The van der Waals surface area contributed by atoms with Crippen molar-refractivity contribution in [3.8, 4) is 0 Å². The molecule has 35 heavy (non-hydrogen) atoms. The molecule has 0 bridgehead atoms. The fourth-order valence-electron chi connectivity index (χ4n) is 5.53. The summed E-state index contributed by atoms with van der Waals surface area (Å²) in [5, 5.41) is 12.4. The van der Waals surface area contributed by atoms with Gasteiger partial charge in [-0.3, -0.25) is 5.01 Å². The van der Waals surface area contributed by atoms with E-state index in [4.69, 9.17) is 15.8 Å². The maximum Gasteiger partial charge on any atom is 0.214 e. The summed E-state index contributed by atoms with van der Waals surface area (Å²) in [7, 11) is 4.33. The van der Waals surface area contributed by atoms with Crippen molar-refractivity contribution in [3.63, 3.8) is 0 Å². The number of guanidine groups is 1. The Hall–Kier alpha value is -3.36. The molecule has 1 saturated heterocycles. The molecular weight excluding hydrogens is 454 g/mol. The van der Waals surface area contributed by atoms with Crippen LogP contribution in [-0.2, 0) is 5.66 Å². The van der Waals surface area contributed by atoms with E-state index in [1.165, 1.54) is 17.7 Å². The van der Waals surface area contributed by atoms with Gasteiger partial charge in [-0.1, -0.05) is 42.5 Å². The Morgan fingerprint density at radius 3 is 2.63 bits per heavy atom. The van der Waals surface area contributed by atoms with Gasteiger partial charge in [0, 0.05) is 43.0 Å². The summed E-state index contributed by atoms with van der Waals surface area (Å²) in [5.74, 6) is 0.405. The monoisotopic (exact) mass is 485 g/mol. The third-order valence-electron chi connectivity index (χ3n) is 7.40. The number of rotatable bonds is 5. The average molecular weight is 486 g/mol. The second-order valence-corrected chi connectivity index (χ2v) is 10.6. The Bertz CT molecular complexity index is 1250. The number of nitrogens with one attached hydrogen (secondary N) is 1. The van der Waals surface area contributed by atoms with Gasteiger partial charge in [-0.15, -0.1) is 11.3 Å². The van der Waals surface area contributed by atoms with Gasteiger partial charge in [0.05, 0.1) is 16.6 Å². The van der Waals surface area contributed by atoms with Crippen molar-refractivity contribution in [2.45, 2.75) is 30.6 Å². The number of hydrogen-bond donors (Lipinski definition) is 2. The first kappa shape index (κ1) is 22.1. The zero-order valence-electron chi connectivity index (χ0n) is 20.1. The molecule has 3 aliphatic rings. The zero-order valence-corrected chi connectivity index (χ0v) is 20.9. The van der Waals surface area contributed by atoms with Crippen LogP contribution < -0.4 is 16.0 Å². The largest absolute Gasteiger partial charge is 0.370 e. The second-order valence-electron chi connectivity index (χ2n) is 9.66. The Morgan fingerprint density at radius 2 is 1.89 bits per heavy atom. The highest BCUT2D eigenvalue weighted by molar-refractivity contribution is 7.10. The van der Waals surface area contributed by atoms with Gasteiger partial charge in [-0.25, -0.2) is 4.99 Å². The smallest absolute Gasteiger partial charge is 0.214 e. The van der Waals surface area contributed by atoms with Gasteiger partial charge in [0.1, 0.15) is 0 Å². The molecular formula is C27H31N7S. The molecule has 0 spiro atoms. The fraction of sp³-hybridized carbons (Fsp3) is 0.333. The van der Waals surface area contributed by atoms with Crippen molar-refractivity contribution in [2.75, 3.05) is 37.4 Å². The number of nitrogens with zero attached hydrogens (tertiary/aromatic N) is 5. The fourth-order valence-corrected chi connectivity index (χ4v) is 6.54. The Morgan fingerprint density at radius 1 is 1.09 bits per heavy atom. The Balaban J connectivity index is 1.44. The molecule has 2 unspecified atom stereocenters. The maximum atomic E-state index is 6.40. The van der Waals surface area contributed by atoms with Crippen molar-refractivity contribution in [1.82, 2.24) is 9.91 Å². The van der Waals surface area contributed by atoms with E-state index < -0.39 is 5.66 Å². The summed E-state index contributed by atoms with van der Waals surface area (Å²) in [6.45, 7) is 2.12. The van der Waals surface area contributed by atoms with E-state index in [-0.39, 0.29) is 6.04 Å². The lowest BCUT2D eigenvalue weighted by Gasteiger charge is -2.43. The number of benzene rings is 2. The minimum absolute atomic E-state index is 0.0694. The van der Waals surface area contributed by atoms with Crippen molar-refractivity contribution >= 4 is 34.9 Å². The lowest BCUT2D eigenvalue weighted by atomic mass is 9.92. The number of nitrogens with two attached hydrogens (primary N) is 1. The van der Waals surface area contributed by atoms with Crippen LogP contribution in [-0.4, -0.2) is 55.3 Å². The predicted octanol–water partition coefficient (Wildman–Crippen LogP) is 4.26. The van der Waals surface area contributed by atoms with E-state index in [0.29, 0.717) is 12.0 Å². The first-order valence-corrected chi connectivity index (χ1v) is 13.0. The third kappa shape index (κ3) is 3.68. The first-order valence-electron chi connectivity index (χ1n) is 12.2. The first-order chi connectivity index (χ1) is 17.1. The normalized spacial score (nSPS) is 25.6. The van der Waals surface area contributed by atoms with E-state index in [0.717, 1.165) is 35.6 Å². The molecule has 0 amide bonds. The van der Waals surface area contributed by atoms with Gasteiger partial charge >= 0.3 is 0 Å². The molecule has 1 fully saturated rings. The average Bonchev–Trinajstić information content (AvgIpc) is 3.65. The van der Waals surface area contributed by atoms with Crippen LogP contribution in [0.5, 0.6) is 0 Å². The van der Waals surface area contributed by atoms with Gasteiger partial charge in [0.25, 0.3) is 0 Å². The van der Waals surface area contributed by atoms with Crippen LogP contribution in [0.3, 0.4) is 0 Å². The summed E-state index contributed by atoms with van der Waals surface area (Å²) in [4.78, 5) is 11.0. The van der Waals surface area contributed by atoms with Crippen LogP contribution in [0.15, 0.2) is 76.1 Å². The van der Waals surface area contributed by atoms with E-state index in [1.807, 2.05) is 6.21 Å². The molecule has 1 aromatic heterocycles. The lowest BCUT2D eigenvalue weighted by Crippen LogP contribution is -2.47. The van der Waals surface area contributed by atoms with E-state index >= 15 is 0 Å². The molecule has 3 atom stereocenters. The summed E-state index contributed by atoms with van der Waals surface area (Å²) in [5.41, 5.74) is 10.1. The van der Waals surface area contributed by atoms with Gasteiger partial charge in [0.15, 0.2) is 5.96 Å². The summed E-state index contributed by atoms with van der Waals surface area (Å²) >= 11 is 1.69. The van der Waals surface area contributed by atoms with E-state index in [9.17, 15) is 0 Å². The number of aliphatic imine (C=N–C) groups is 1. The van der Waals surface area contributed by atoms with E-state index in [1.54, 1.807) is 11.3 Å². The van der Waals surface area contributed by atoms with Gasteiger partial charge in [0.2, 0.25) is 5.66 Å². The van der Waals surface area contributed by atoms with Crippen LogP contribution in [0.1, 0.15) is 34.9 Å². The van der Waals surface area contributed by atoms with Crippen LogP contribution in [0.2, 0.25) is 0 Å². The zero-order chi connectivity index (χ0) is 24.0. The summed E-state index contributed by atoms with van der Waals surface area (Å²) < 4.78 is 0. The van der Waals surface area contributed by atoms with Gasteiger partial charge in [-0.05, 0) is 49.7 Å². The van der Waals surface area contributed by atoms with Crippen LogP contribution in [0, 0.1) is 0 Å². The molecule has 0 radical (unpaired) electrons. The molecule has 6 rings (SSSR count). The van der Waals surface area contributed by atoms with Crippen molar-refractivity contribution in [2.24, 2.45) is 15.8 Å². The molecule has 3 N–H and O–H groups in total. The molecule has 8 heteroatoms. The molecule has 0 saturated carbocycles. The maximum absolute atomic E-state index is 6.40.